The molecule has 1 N–H and O–H groups in total. The highest BCUT2D eigenvalue weighted by atomic mass is 16.5. The maximum absolute atomic E-state index is 13.4. The maximum Gasteiger partial charge on any atom is 0.338 e. The van der Waals surface area contributed by atoms with Crippen LogP contribution in [0, 0.1) is 0 Å². The topological polar surface area (TPSA) is 105 Å². The number of carbonyl (C=O) groups is 3. The number of benzene rings is 2. The van der Waals surface area contributed by atoms with Crippen molar-refractivity contribution in [3.05, 3.63) is 94.1 Å². The summed E-state index contributed by atoms with van der Waals surface area (Å²) in [6, 6.07) is 12.7. The largest absolute Gasteiger partial charge is 0.478 e. The van der Waals surface area contributed by atoms with Gasteiger partial charge in [0.1, 0.15) is 5.71 Å². The van der Waals surface area contributed by atoms with Crippen molar-refractivity contribution < 1.29 is 24.2 Å². The molecule has 7 nitrogen and oxygen atoms in total. The normalized spacial score (nSPS) is 14.7. The zero-order valence-corrected chi connectivity index (χ0v) is 16.0. The summed E-state index contributed by atoms with van der Waals surface area (Å²) in [5.41, 5.74) is 3.30. The summed E-state index contributed by atoms with van der Waals surface area (Å²) in [6.07, 6.45) is 4.05. The number of aromatic carboxylic acids is 1. The molecule has 7 heteroatoms. The molecule has 2 aliphatic rings. The van der Waals surface area contributed by atoms with E-state index < -0.39 is 11.9 Å². The monoisotopic (exact) mass is 400 g/mol. The number of nitrogens with zero attached hydrogens (tertiary/aromatic N) is 2. The van der Waals surface area contributed by atoms with Crippen LogP contribution in [0.2, 0.25) is 0 Å². The molecule has 0 aromatic heterocycles. The lowest BCUT2D eigenvalue weighted by Crippen LogP contribution is -2.20. The van der Waals surface area contributed by atoms with E-state index in [0.717, 1.165) is 0 Å². The van der Waals surface area contributed by atoms with E-state index in [1.165, 1.54) is 19.2 Å². The predicted octanol–water partition coefficient (Wildman–Crippen LogP) is 3.47. The Morgan fingerprint density at radius 2 is 1.67 bits per heavy atom. The van der Waals surface area contributed by atoms with Crippen LogP contribution in [0.25, 0.3) is 0 Å². The average molecular weight is 400 g/mol. The van der Waals surface area contributed by atoms with Gasteiger partial charge in [0.05, 0.1) is 23.9 Å². The Balaban J connectivity index is 1.80. The van der Waals surface area contributed by atoms with E-state index in [-0.39, 0.29) is 22.5 Å². The number of Topliss-reactive ketones (excluding diaryl/α,β-unsaturated/α-hetero) is 1. The number of carboxylic acids is 1. The SMILES string of the molecule is COC(=O)c1ccccc1C(=O)C1=C2C(=NN=C2c2ccc(C(=O)O)cc2)CC=C1. The summed E-state index contributed by atoms with van der Waals surface area (Å²) in [6.45, 7) is 0. The van der Waals surface area contributed by atoms with Gasteiger partial charge in [-0.1, -0.05) is 42.5 Å². The molecule has 0 fully saturated rings. The van der Waals surface area contributed by atoms with Crippen molar-refractivity contribution in [2.24, 2.45) is 10.2 Å². The first-order chi connectivity index (χ1) is 14.5. The number of methoxy groups -OCH3 is 1. The standard InChI is InChI=1S/C23H16N2O5/c1-30-23(29)16-6-3-2-5-15(16)21(26)17-7-4-8-18-19(17)20(25-24-18)13-9-11-14(12-10-13)22(27)28/h2-7,9-12H,8H2,1H3,(H,27,28). The summed E-state index contributed by atoms with van der Waals surface area (Å²) < 4.78 is 4.80. The van der Waals surface area contributed by atoms with Gasteiger partial charge in [-0.3, -0.25) is 4.79 Å². The lowest BCUT2D eigenvalue weighted by Gasteiger charge is -2.16. The lowest BCUT2D eigenvalue weighted by molar-refractivity contribution is 0.0596. The van der Waals surface area contributed by atoms with Gasteiger partial charge in [-0.2, -0.15) is 5.10 Å². The number of hydrogen-bond acceptors (Lipinski definition) is 6. The van der Waals surface area contributed by atoms with E-state index >= 15 is 0 Å². The van der Waals surface area contributed by atoms with Gasteiger partial charge in [0.2, 0.25) is 0 Å². The first-order valence-electron chi connectivity index (χ1n) is 9.13. The second-order valence-electron chi connectivity index (χ2n) is 6.64. The first-order valence-corrected chi connectivity index (χ1v) is 9.13. The van der Waals surface area contributed by atoms with Gasteiger partial charge in [0.15, 0.2) is 5.78 Å². The average Bonchev–Trinajstić information content (AvgIpc) is 3.22. The lowest BCUT2D eigenvalue weighted by atomic mass is 9.85. The number of fused-ring (bicyclic) bond motifs is 1. The van der Waals surface area contributed by atoms with Crippen LogP contribution in [0.1, 0.15) is 43.1 Å². The molecule has 0 bridgehead atoms. The van der Waals surface area contributed by atoms with Crippen LogP contribution in [0.5, 0.6) is 0 Å². The van der Waals surface area contributed by atoms with Crippen molar-refractivity contribution in [3.63, 3.8) is 0 Å². The Hall–Kier alpha value is -4.13. The van der Waals surface area contributed by atoms with Crippen molar-refractivity contribution in [3.8, 4) is 0 Å². The molecule has 2 aromatic carbocycles. The third kappa shape index (κ3) is 3.26. The van der Waals surface area contributed by atoms with Crippen LogP contribution in [0.15, 0.2) is 82.0 Å². The zero-order chi connectivity index (χ0) is 21.3. The van der Waals surface area contributed by atoms with Gasteiger partial charge in [-0.15, -0.1) is 5.10 Å². The van der Waals surface area contributed by atoms with E-state index in [9.17, 15) is 14.4 Å². The summed E-state index contributed by atoms with van der Waals surface area (Å²) in [5, 5.41) is 17.6. The van der Waals surface area contributed by atoms with E-state index in [4.69, 9.17) is 9.84 Å². The highest BCUT2D eigenvalue weighted by Gasteiger charge is 2.30. The van der Waals surface area contributed by atoms with Crippen molar-refractivity contribution in [2.75, 3.05) is 7.11 Å². The summed E-state index contributed by atoms with van der Waals surface area (Å²) in [4.78, 5) is 36.6. The van der Waals surface area contributed by atoms with Crippen molar-refractivity contribution in [1.29, 1.82) is 0 Å². The van der Waals surface area contributed by atoms with Gasteiger partial charge in [0, 0.05) is 28.7 Å². The Morgan fingerprint density at radius 1 is 0.967 bits per heavy atom. The second kappa shape index (κ2) is 7.71. The second-order valence-corrected chi connectivity index (χ2v) is 6.64. The number of carbonyl (C=O) groups excluding carboxylic acids is 2. The number of esters is 1. The smallest absolute Gasteiger partial charge is 0.338 e. The minimum Gasteiger partial charge on any atom is -0.478 e. The molecular formula is C23H16N2O5. The molecule has 2 aromatic rings. The Kier molecular flexibility index (Phi) is 4.93. The summed E-state index contributed by atoms with van der Waals surface area (Å²) in [7, 11) is 1.26. The van der Waals surface area contributed by atoms with E-state index in [1.54, 1.807) is 42.5 Å². The molecule has 0 radical (unpaired) electrons. The summed E-state index contributed by atoms with van der Waals surface area (Å²) in [5.74, 6) is -1.96. The Morgan fingerprint density at radius 3 is 2.33 bits per heavy atom. The van der Waals surface area contributed by atoms with Crippen molar-refractivity contribution >= 4 is 29.1 Å². The van der Waals surface area contributed by atoms with Gasteiger partial charge < -0.3 is 9.84 Å². The van der Waals surface area contributed by atoms with E-state index in [2.05, 4.69) is 10.2 Å². The van der Waals surface area contributed by atoms with Crippen molar-refractivity contribution in [1.82, 2.24) is 0 Å². The Labute approximate surface area is 171 Å². The molecule has 0 saturated heterocycles. The van der Waals surface area contributed by atoms with Gasteiger partial charge in [-0.25, -0.2) is 9.59 Å². The molecule has 30 heavy (non-hydrogen) atoms. The highest BCUT2D eigenvalue weighted by molar-refractivity contribution is 6.37. The van der Waals surface area contributed by atoms with Crippen LogP contribution in [-0.2, 0) is 4.74 Å². The summed E-state index contributed by atoms with van der Waals surface area (Å²) >= 11 is 0. The third-order valence-electron chi connectivity index (χ3n) is 4.89. The number of carboxylic acid groups (broad SMARTS) is 1. The van der Waals surface area contributed by atoms with Gasteiger partial charge >= 0.3 is 11.9 Å². The fourth-order valence-electron chi connectivity index (χ4n) is 3.42. The quantitative estimate of drug-likeness (QED) is 0.611. The van der Waals surface area contributed by atoms with Gasteiger partial charge in [-0.05, 0) is 18.2 Å². The minimum absolute atomic E-state index is 0.152. The molecule has 1 heterocycles. The number of ether oxygens (including phenoxy) is 1. The third-order valence-corrected chi connectivity index (χ3v) is 4.89. The fourth-order valence-corrected chi connectivity index (χ4v) is 3.42. The molecule has 1 aliphatic carbocycles. The molecule has 0 atom stereocenters. The minimum atomic E-state index is -1.03. The van der Waals surface area contributed by atoms with Gasteiger partial charge in [0.25, 0.3) is 0 Å². The van der Waals surface area contributed by atoms with Crippen LogP contribution >= 0.6 is 0 Å². The molecule has 0 saturated carbocycles. The van der Waals surface area contributed by atoms with Crippen LogP contribution < -0.4 is 0 Å². The number of hydrogen-bond donors (Lipinski definition) is 1. The predicted molar refractivity (Wildman–Crippen MR) is 110 cm³/mol. The highest BCUT2D eigenvalue weighted by Crippen LogP contribution is 2.29. The molecule has 148 valence electrons. The molecular weight excluding hydrogens is 384 g/mol. The molecule has 0 amide bonds. The van der Waals surface area contributed by atoms with Crippen LogP contribution in [-0.4, -0.2) is 41.4 Å². The zero-order valence-electron chi connectivity index (χ0n) is 16.0. The van der Waals surface area contributed by atoms with Crippen molar-refractivity contribution in [2.45, 2.75) is 6.42 Å². The number of ketones is 1. The molecule has 0 unspecified atom stereocenters. The molecule has 0 spiro atoms. The number of rotatable bonds is 5. The van der Waals surface area contributed by atoms with Crippen LogP contribution in [0.4, 0.5) is 0 Å². The molecule has 1 aliphatic heterocycles. The molecule has 4 rings (SSSR count). The van der Waals surface area contributed by atoms with E-state index in [0.29, 0.717) is 34.6 Å². The first kappa shape index (κ1) is 19.2. The number of allylic oxidation sites excluding steroid dienone is 4. The van der Waals surface area contributed by atoms with E-state index in [1.807, 2.05) is 6.08 Å². The maximum atomic E-state index is 13.4. The Bertz CT molecular complexity index is 1200. The van der Waals surface area contributed by atoms with Crippen LogP contribution in [0.3, 0.4) is 0 Å². The fraction of sp³-hybridized carbons (Fsp3) is 0.0870.